The maximum absolute atomic E-state index is 12.9. The predicted molar refractivity (Wildman–Crippen MR) is 137 cm³/mol. The van der Waals surface area contributed by atoms with Crippen LogP contribution in [0.1, 0.15) is 56.6 Å². The number of hydrogen-bond donors (Lipinski definition) is 3. The molecule has 5 N–H and O–H groups in total. The molecule has 0 saturated carbocycles. The van der Waals surface area contributed by atoms with Crippen LogP contribution in [0.5, 0.6) is 11.5 Å². The van der Waals surface area contributed by atoms with E-state index in [0.717, 1.165) is 22.6 Å². The Kier molecular flexibility index (Phi) is 6.58. The van der Waals surface area contributed by atoms with E-state index in [0.29, 0.717) is 43.5 Å². The van der Waals surface area contributed by atoms with Crippen molar-refractivity contribution in [3.8, 4) is 11.5 Å². The first kappa shape index (κ1) is 24.7. The zero-order valence-electron chi connectivity index (χ0n) is 21.0. The average Bonchev–Trinajstić information content (AvgIpc) is 3.29. The number of amides is 2. The van der Waals surface area contributed by atoms with Crippen molar-refractivity contribution in [1.82, 2.24) is 4.90 Å². The second kappa shape index (κ2) is 9.32. The van der Waals surface area contributed by atoms with E-state index in [-0.39, 0.29) is 24.3 Å². The lowest BCUT2D eigenvalue weighted by Gasteiger charge is -2.43. The molecule has 8 nitrogen and oxygen atoms in total. The van der Waals surface area contributed by atoms with Gasteiger partial charge in [-0.1, -0.05) is 12.1 Å². The number of ether oxygens (including phenoxy) is 2. The molecular weight excluding hydrogens is 444 g/mol. The van der Waals surface area contributed by atoms with Gasteiger partial charge in [-0.15, -0.1) is 0 Å². The first-order valence-electron chi connectivity index (χ1n) is 12.1. The number of nitrogen functional groups attached to an aromatic ring is 1. The Morgan fingerprint density at radius 1 is 1.09 bits per heavy atom. The van der Waals surface area contributed by atoms with Gasteiger partial charge < -0.3 is 31.2 Å². The smallest absolute Gasteiger partial charge is 0.223 e. The molecule has 1 saturated heterocycles. The van der Waals surface area contributed by atoms with Gasteiger partial charge in [0.05, 0.1) is 19.8 Å². The van der Waals surface area contributed by atoms with Crippen molar-refractivity contribution in [3.63, 3.8) is 0 Å². The van der Waals surface area contributed by atoms with Gasteiger partial charge in [0.1, 0.15) is 11.5 Å². The molecule has 35 heavy (non-hydrogen) atoms. The van der Waals surface area contributed by atoms with E-state index >= 15 is 0 Å². The quantitative estimate of drug-likeness (QED) is 0.472. The maximum atomic E-state index is 12.9. The van der Waals surface area contributed by atoms with Crippen molar-refractivity contribution in [2.24, 2.45) is 5.73 Å². The van der Waals surface area contributed by atoms with E-state index in [1.807, 2.05) is 48.3 Å². The van der Waals surface area contributed by atoms with Gasteiger partial charge in [0.15, 0.2) is 0 Å². The third kappa shape index (κ3) is 3.94. The van der Waals surface area contributed by atoms with Crippen molar-refractivity contribution in [2.45, 2.75) is 62.4 Å². The number of methoxy groups -OCH3 is 2. The van der Waals surface area contributed by atoms with Gasteiger partial charge in [-0.05, 0) is 56.9 Å². The summed E-state index contributed by atoms with van der Waals surface area (Å²) in [6, 6.07) is 11.6. The zero-order valence-corrected chi connectivity index (χ0v) is 21.0. The lowest BCUT2D eigenvalue weighted by atomic mass is 9.67. The summed E-state index contributed by atoms with van der Waals surface area (Å²) in [5.41, 5.74) is 14.6. The third-order valence-electron chi connectivity index (χ3n) is 8.26. The highest BCUT2D eigenvalue weighted by atomic mass is 16.5. The van der Waals surface area contributed by atoms with Crippen molar-refractivity contribution >= 4 is 23.2 Å². The summed E-state index contributed by atoms with van der Waals surface area (Å²) in [6.45, 7) is 2.13. The normalized spacial score (nSPS) is 25.3. The molecule has 2 aromatic carbocycles. The van der Waals surface area contributed by atoms with Crippen LogP contribution >= 0.6 is 0 Å². The number of rotatable bonds is 9. The van der Waals surface area contributed by atoms with Gasteiger partial charge in [-0.3, -0.25) is 9.59 Å². The molecular formula is C27H36N4O4. The molecule has 2 aliphatic heterocycles. The first-order chi connectivity index (χ1) is 16.7. The number of carbonyl (C=O) groups excluding carboxylic acids is 2. The predicted octanol–water partition coefficient (Wildman–Crippen LogP) is 3.53. The van der Waals surface area contributed by atoms with Crippen LogP contribution < -0.4 is 26.3 Å². The highest BCUT2D eigenvalue weighted by molar-refractivity contribution is 5.81. The number of nitrogens with zero attached hydrogens (tertiary/aromatic N) is 1. The minimum Gasteiger partial charge on any atom is -0.496 e. The van der Waals surface area contributed by atoms with Crippen LogP contribution in [0.25, 0.3) is 0 Å². The third-order valence-corrected chi connectivity index (χ3v) is 8.26. The second-order valence-corrected chi connectivity index (χ2v) is 9.78. The van der Waals surface area contributed by atoms with Crippen LogP contribution in [0.4, 0.5) is 11.4 Å². The molecule has 1 fully saturated rings. The van der Waals surface area contributed by atoms with Crippen LogP contribution in [-0.4, -0.2) is 44.0 Å². The number of nitrogens with one attached hydrogen (secondary N) is 1. The fraction of sp³-hybridized carbons (Fsp3) is 0.481. The minimum atomic E-state index is -0.627. The lowest BCUT2D eigenvalue weighted by molar-refractivity contribution is -0.130. The standard InChI is InChI=1S/C27H36N4O4/c1-17-26(13-11-22(29)32,25-19(30-17)8-6-10-21(25)35-4)15-16-27(14-12-23(33)31(27)2)24-18(28)7-5-9-20(24)34-3/h5-10,17,30H,11-16,28H2,1-4H3,(H2,29,32)/t17?,26-,27-/m0/s1. The first-order valence-corrected chi connectivity index (χ1v) is 12.1. The number of anilines is 2. The summed E-state index contributed by atoms with van der Waals surface area (Å²) in [5.74, 6) is 1.20. The molecule has 0 aliphatic carbocycles. The lowest BCUT2D eigenvalue weighted by Crippen LogP contribution is -2.45. The second-order valence-electron chi connectivity index (χ2n) is 9.78. The van der Waals surface area contributed by atoms with E-state index in [1.165, 1.54) is 0 Å². The highest BCUT2D eigenvalue weighted by Crippen LogP contribution is 2.55. The van der Waals surface area contributed by atoms with Gasteiger partial charge in [-0.2, -0.15) is 0 Å². The molecule has 2 amide bonds. The molecule has 4 rings (SSSR count). The molecule has 8 heteroatoms. The van der Waals surface area contributed by atoms with Crippen molar-refractivity contribution < 1.29 is 19.1 Å². The van der Waals surface area contributed by atoms with Gasteiger partial charge in [0.25, 0.3) is 0 Å². The van der Waals surface area contributed by atoms with Crippen molar-refractivity contribution in [3.05, 3.63) is 47.5 Å². The number of fused-ring (bicyclic) bond motifs is 1. The van der Waals surface area contributed by atoms with Gasteiger partial charge >= 0.3 is 0 Å². The zero-order chi connectivity index (χ0) is 25.4. The number of primary amides is 1. The Bertz CT molecular complexity index is 1140. The van der Waals surface area contributed by atoms with E-state index in [1.54, 1.807) is 14.2 Å². The maximum Gasteiger partial charge on any atom is 0.223 e. The summed E-state index contributed by atoms with van der Waals surface area (Å²) >= 11 is 0. The van der Waals surface area contributed by atoms with Gasteiger partial charge in [0.2, 0.25) is 11.8 Å². The molecule has 2 aromatic rings. The molecule has 188 valence electrons. The molecule has 1 unspecified atom stereocenters. The largest absolute Gasteiger partial charge is 0.496 e. The molecule has 2 aliphatic rings. The number of carbonyl (C=O) groups is 2. The Hall–Kier alpha value is -3.42. The molecule has 3 atom stereocenters. The monoisotopic (exact) mass is 480 g/mol. The number of benzene rings is 2. The van der Waals surface area contributed by atoms with Gasteiger partial charge in [-0.25, -0.2) is 0 Å². The van der Waals surface area contributed by atoms with Crippen LogP contribution in [0.15, 0.2) is 36.4 Å². The topological polar surface area (TPSA) is 120 Å². The fourth-order valence-electron chi connectivity index (χ4n) is 6.32. The van der Waals surface area contributed by atoms with Gasteiger partial charge in [0, 0.05) is 53.8 Å². The number of likely N-dealkylation sites (tertiary alicyclic amines) is 1. The SMILES string of the molecule is COc1cccc2c1[C@@](CCC(N)=O)(CC[C@]1(c3c(N)cccc3OC)CCC(=O)N1C)C(C)N2. The summed E-state index contributed by atoms with van der Waals surface area (Å²) < 4.78 is 11.5. The molecule has 2 heterocycles. The van der Waals surface area contributed by atoms with Crippen LogP contribution in [0.3, 0.4) is 0 Å². The number of hydrogen-bond acceptors (Lipinski definition) is 6. The number of nitrogens with two attached hydrogens (primary N) is 2. The molecule has 0 aromatic heterocycles. The molecule has 0 spiro atoms. The van der Waals surface area contributed by atoms with Crippen molar-refractivity contribution in [2.75, 3.05) is 32.3 Å². The minimum absolute atomic E-state index is 0.0302. The van der Waals surface area contributed by atoms with E-state index in [9.17, 15) is 9.59 Å². The Balaban J connectivity index is 1.83. The molecule has 0 radical (unpaired) electrons. The summed E-state index contributed by atoms with van der Waals surface area (Å²) in [6.07, 6.45) is 3.23. The van der Waals surface area contributed by atoms with E-state index in [2.05, 4.69) is 12.2 Å². The summed E-state index contributed by atoms with van der Waals surface area (Å²) in [7, 11) is 5.14. The highest BCUT2D eigenvalue weighted by Gasteiger charge is 2.52. The summed E-state index contributed by atoms with van der Waals surface area (Å²) in [5, 5.41) is 3.61. The van der Waals surface area contributed by atoms with E-state index in [4.69, 9.17) is 20.9 Å². The average molecular weight is 481 g/mol. The van der Waals surface area contributed by atoms with Crippen molar-refractivity contribution in [1.29, 1.82) is 0 Å². The summed E-state index contributed by atoms with van der Waals surface area (Å²) in [4.78, 5) is 26.6. The Labute approximate surface area is 206 Å². The van der Waals surface area contributed by atoms with Crippen LogP contribution in [0, 0.1) is 0 Å². The van der Waals surface area contributed by atoms with Crippen LogP contribution in [-0.2, 0) is 20.5 Å². The molecule has 0 bridgehead atoms. The Morgan fingerprint density at radius 2 is 1.74 bits per heavy atom. The van der Waals surface area contributed by atoms with Crippen LogP contribution in [0.2, 0.25) is 0 Å². The van der Waals surface area contributed by atoms with E-state index < -0.39 is 11.0 Å². The fourth-order valence-corrected chi connectivity index (χ4v) is 6.32. The Morgan fingerprint density at radius 3 is 2.34 bits per heavy atom.